The summed E-state index contributed by atoms with van der Waals surface area (Å²) in [4.78, 5) is 15.4. The number of amides is 2. The molecular weight excluding hydrogens is 252 g/mol. The first-order valence-electron chi connectivity index (χ1n) is 8.15. The van der Waals surface area contributed by atoms with E-state index >= 15 is 0 Å². The highest BCUT2D eigenvalue weighted by Crippen LogP contribution is 2.12. The Morgan fingerprint density at radius 2 is 1.85 bits per heavy atom. The van der Waals surface area contributed by atoms with Crippen LogP contribution in [0.3, 0.4) is 0 Å². The molecule has 1 unspecified atom stereocenters. The zero-order chi connectivity index (χ0) is 14.4. The number of carbonyl (C=O) groups is 1. The van der Waals surface area contributed by atoms with Crippen molar-refractivity contribution in [3.8, 4) is 0 Å². The molecule has 116 valence electrons. The number of nitrogens with two attached hydrogens (primary N) is 1. The van der Waals surface area contributed by atoms with Crippen LogP contribution in [0.15, 0.2) is 0 Å². The lowest BCUT2D eigenvalue weighted by molar-refractivity contribution is 0.177. The summed E-state index contributed by atoms with van der Waals surface area (Å²) in [5.74, 6) is 0.697. The van der Waals surface area contributed by atoms with Crippen molar-refractivity contribution in [1.29, 1.82) is 0 Å². The normalized spacial score (nSPS) is 23.8. The van der Waals surface area contributed by atoms with Gasteiger partial charge in [0.1, 0.15) is 0 Å². The molecule has 0 radical (unpaired) electrons. The van der Waals surface area contributed by atoms with Crippen LogP contribution in [0.5, 0.6) is 0 Å². The Labute approximate surface area is 122 Å². The van der Waals surface area contributed by atoms with Gasteiger partial charge < -0.3 is 20.9 Å². The maximum absolute atomic E-state index is 11.1. The van der Waals surface area contributed by atoms with Crippen LogP contribution in [-0.4, -0.2) is 61.1 Å². The van der Waals surface area contributed by atoms with Crippen LogP contribution in [0, 0.1) is 5.92 Å². The van der Waals surface area contributed by atoms with Gasteiger partial charge in [-0.2, -0.15) is 0 Å². The summed E-state index contributed by atoms with van der Waals surface area (Å²) < 4.78 is 0. The molecule has 2 saturated heterocycles. The maximum Gasteiger partial charge on any atom is 0.314 e. The molecule has 5 nitrogen and oxygen atoms in total. The van der Waals surface area contributed by atoms with Crippen LogP contribution >= 0.6 is 0 Å². The van der Waals surface area contributed by atoms with Gasteiger partial charge in [0.25, 0.3) is 0 Å². The molecule has 2 amide bonds. The lowest BCUT2D eigenvalue weighted by Crippen LogP contribution is -2.48. The molecule has 2 fully saturated rings. The minimum atomic E-state index is -0.276. The molecule has 0 aromatic rings. The molecule has 0 aliphatic carbocycles. The van der Waals surface area contributed by atoms with Crippen molar-refractivity contribution in [2.75, 3.05) is 39.3 Å². The molecule has 0 aromatic heterocycles. The Morgan fingerprint density at radius 3 is 2.45 bits per heavy atom. The van der Waals surface area contributed by atoms with Crippen molar-refractivity contribution in [2.45, 2.75) is 45.1 Å². The van der Waals surface area contributed by atoms with Crippen molar-refractivity contribution in [3.05, 3.63) is 0 Å². The zero-order valence-corrected chi connectivity index (χ0v) is 12.8. The Morgan fingerprint density at radius 1 is 1.20 bits per heavy atom. The lowest BCUT2D eigenvalue weighted by Gasteiger charge is -2.33. The van der Waals surface area contributed by atoms with Crippen molar-refractivity contribution >= 4 is 6.03 Å². The molecule has 2 aliphatic rings. The Hall–Kier alpha value is -0.810. The van der Waals surface area contributed by atoms with Gasteiger partial charge in [0.15, 0.2) is 0 Å². The van der Waals surface area contributed by atoms with Crippen LogP contribution in [0.2, 0.25) is 0 Å². The van der Waals surface area contributed by atoms with Gasteiger partial charge in [-0.05, 0) is 51.2 Å². The highest BCUT2D eigenvalue weighted by atomic mass is 16.2. The van der Waals surface area contributed by atoms with Gasteiger partial charge in [0.2, 0.25) is 0 Å². The van der Waals surface area contributed by atoms with Crippen molar-refractivity contribution in [1.82, 2.24) is 15.1 Å². The lowest BCUT2D eigenvalue weighted by atomic mass is 10.0. The summed E-state index contributed by atoms with van der Waals surface area (Å²) in [5.41, 5.74) is 5.30. The molecule has 0 aromatic carbocycles. The molecule has 0 bridgehead atoms. The molecule has 2 heterocycles. The third-order valence-electron chi connectivity index (χ3n) is 4.58. The predicted molar refractivity (Wildman–Crippen MR) is 81.6 cm³/mol. The molecule has 20 heavy (non-hydrogen) atoms. The van der Waals surface area contributed by atoms with Crippen molar-refractivity contribution in [3.63, 3.8) is 0 Å². The van der Waals surface area contributed by atoms with E-state index in [9.17, 15) is 4.79 Å². The van der Waals surface area contributed by atoms with Gasteiger partial charge >= 0.3 is 6.03 Å². The second-order valence-electron chi connectivity index (χ2n) is 6.47. The van der Waals surface area contributed by atoms with Crippen LogP contribution in [0.1, 0.15) is 39.0 Å². The first-order valence-corrected chi connectivity index (χ1v) is 8.15. The standard InChI is InChI=1S/C15H30N4O/c1-13(12-18-7-3-2-4-8-18)11-17-14-5-9-19(10-6-14)15(16)20/h13-14,17H,2-12H2,1H3,(H2,16,20). The SMILES string of the molecule is CC(CNC1CCN(C(N)=O)CC1)CN1CCCCC1. The zero-order valence-electron chi connectivity index (χ0n) is 12.8. The first-order chi connectivity index (χ1) is 9.65. The summed E-state index contributed by atoms with van der Waals surface area (Å²) in [7, 11) is 0. The molecule has 5 heteroatoms. The highest BCUT2D eigenvalue weighted by molar-refractivity contribution is 5.72. The Kier molecular flexibility index (Phi) is 6.10. The number of piperidine rings is 2. The van der Waals surface area contributed by atoms with E-state index in [2.05, 4.69) is 17.1 Å². The molecule has 3 N–H and O–H groups in total. The fourth-order valence-electron chi connectivity index (χ4n) is 3.32. The van der Waals surface area contributed by atoms with E-state index in [0.29, 0.717) is 12.0 Å². The van der Waals surface area contributed by atoms with E-state index in [1.165, 1.54) is 38.9 Å². The smallest absolute Gasteiger partial charge is 0.314 e. The second-order valence-corrected chi connectivity index (χ2v) is 6.47. The molecule has 1 atom stereocenters. The van der Waals surface area contributed by atoms with E-state index in [4.69, 9.17) is 5.73 Å². The maximum atomic E-state index is 11.1. The van der Waals surface area contributed by atoms with Crippen molar-refractivity contribution < 1.29 is 4.79 Å². The van der Waals surface area contributed by atoms with Gasteiger partial charge in [-0.15, -0.1) is 0 Å². The largest absolute Gasteiger partial charge is 0.351 e. The summed E-state index contributed by atoms with van der Waals surface area (Å²) in [6.45, 7) is 8.79. The average molecular weight is 282 g/mol. The van der Waals surface area contributed by atoms with Gasteiger partial charge in [0, 0.05) is 25.7 Å². The highest BCUT2D eigenvalue weighted by Gasteiger charge is 2.21. The van der Waals surface area contributed by atoms with E-state index < -0.39 is 0 Å². The van der Waals surface area contributed by atoms with Gasteiger partial charge in [-0.1, -0.05) is 13.3 Å². The van der Waals surface area contributed by atoms with Gasteiger partial charge in [0.05, 0.1) is 0 Å². The number of hydrogen-bond donors (Lipinski definition) is 2. The van der Waals surface area contributed by atoms with Crippen LogP contribution in [-0.2, 0) is 0 Å². The summed E-state index contributed by atoms with van der Waals surface area (Å²) in [6.07, 6.45) is 6.19. The van der Waals surface area contributed by atoms with E-state index in [-0.39, 0.29) is 6.03 Å². The summed E-state index contributed by atoms with van der Waals surface area (Å²) in [5, 5.41) is 3.66. The number of likely N-dealkylation sites (tertiary alicyclic amines) is 2. The number of hydrogen-bond acceptors (Lipinski definition) is 3. The van der Waals surface area contributed by atoms with E-state index in [1.807, 2.05) is 0 Å². The molecule has 2 rings (SSSR count). The third-order valence-corrected chi connectivity index (χ3v) is 4.58. The molecule has 0 saturated carbocycles. The quantitative estimate of drug-likeness (QED) is 0.797. The van der Waals surface area contributed by atoms with Crippen LogP contribution in [0.25, 0.3) is 0 Å². The predicted octanol–water partition coefficient (Wildman–Crippen LogP) is 1.24. The van der Waals surface area contributed by atoms with Crippen LogP contribution in [0.4, 0.5) is 4.79 Å². The number of urea groups is 1. The topological polar surface area (TPSA) is 61.6 Å². The molecule has 0 spiro atoms. The third kappa shape index (κ3) is 4.94. The van der Waals surface area contributed by atoms with Gasteiger partial charge in [-0.3, -0.25) is 0 Å². The number of carbonyl (C=O) groups excluding carboxylic acids is 1. The number of rotatable bonds is 5. The van der Waals surface area contributed by atoms with E-state index in [0.717, 1.165) is 32.5 Å². The first kappa shape index (κ1) is 15.6. The van der Waals surface area contributed by atoms with Crippen LogP contribution < -0.4 is 11.1 Å². The Bertz CT molecular complexity index is 296. The number of nitrogens with zero attached hydrogens (tertiary/aromatic N) is 2. The monoisotopic (exact) mass is 282 g/mol. The molecular formula is C15H30N4O. The summed E-state index contributed by atoms with van der Waals surface area (Å²) in [6, 6.07) is 0.274. The fourth-order valence-corrected chi connectivity index (χ4v) is 3.32. The fraction of sp³-hybridized carbons (Fsp3) is 0.933. The number of primary amides is 1. The summed E-state index contributed by atoms with van der Waals surface area (Å²) >= 11 is 0. The second kappa shape index (κ2) is 7.84. The van der Waals surface area contributed by atoms with Gasteiger partial charge in [-0.25, -0.2) is 4.79 Å². The average Bonchev–Trinajstić information content (AvgIpc) is 2.46. The Balaban J connectivity index is 1.59. The minimum absolute atomic E-state index is 0.276. The van der Waals surface area contributed by atoms with E-state index in [1.54, 1.807) is 4.90 Å². The van der Waals surface area contributed by atoms with Crippen molar-refractivity contribution in [2.24, 2.45) is 11.7 Å². The minimum Gasteiger partial charge on any atom is -0.351 e. The number of nitrogens with one attached hydrogen (secondary N) is 1. The molecule has 2 aliphatic heterocycles.